The first-order valence-corrected chi connectivity index (χ1v) is 10.7. The Bertz CT molecular complexity index is 1070. The summed E-state index contributed by atoms with van der Waals surface area (Å²) in [4.78, 5) is 22.7. The van der Waals surface area contributed by atoms with Gasteiger partial charge in [0.1, 0.15) is 0 Å². The van der Waals surface area contributed by atoms with E-state index in [9.17, 15) is 31.2 Å². The molecule has 12 heteroatoms. The van der Waals surface area contributed by atoms with Gasteiger partial charge in [-0.3, -0.25) is 9.59 Å². The number of alkyl halides is 3. The minimum absolute atomic E-state index is 0.152. The number of carbonyl (C=O) groups excluding carboxylic acids is 2. The third-order valence-electron chi connectivity index (χ3n) is 4.04. The maximum Gasteiger partial charge on any atom is 0.417 e. The van der Waals surface area contributed by atoms with Gasteiger partial charge in [0.15, 0.2) is 0 Å². The topological polar surface area (TPSA) is 95.6 Å². The zero-order valence-electron chi connectivity index (χ0n) is 16.5. The van der Waals surface area contributed by atoms with Gasteiger partial charge in [-0.15, -0.1) is 0 Å². The smallest absolute Gasteiger partial charge is 0.326 e. The number of hydrogen-bond donors (Lipinski definition) is 2. The monoisotopic (exact) mass is 477 g/mol. The molecule has 0 heterocycles. The molecule has 0 saturated heterocycles. The van der Waals surface area contributed by atoms with Gasteiger partial charge in [-0.2, -0.15) is 17.5 Å². The largest absolute Gasteiger partial charge is 0.417 e. The number of rotatable bonds is 7. The second-order valence-corrected chi connectivity index (χ2v) is 8.72. The molecule has 31 heavy (non-hydrogen) atoms. The van der Waals surface area contributed by atoms with Gasteiger partial charge < -0.3 is 10.6 Å². The van der Waals surface area contributed by atoms with E-state index in [1.165, 1.54) is 38.1 Å². The normalized spacial score (nSPS) is 12.0. The third kappa shape index (κ3) is 6.42. The second-order valence-electron chi connectivity index (χ2n) is 6.38. The first kappa shape index (κ1) is 24.6. The van der Waals surface area contributed by atoms with E-state index in [2.05, 4.69) is 10.6 Å². The Balaban J connectivity index is 2.18. The molecule has 0 fully saturated rings. The Morgan fingerprint density at radius 1 is 1.03 bits per heavy atom. The number of carbonyl (C=O) groups is 2. The molecule has 0 aliphatic heterocycles. The van der Waals surface area contributed by atoms with Crippen LogP contribution in [0.1, 0.15) is 19.4 Å². The van der Waals surface area contributed by atoms with Crippen molar-refractivity contribution in [1.29, 1.82) is 0 Å². The zero-order valence-corrected chi connectivity index (χ0v) is 18.0. The molecular weight excluding hydrogens is 459 g/mol. The van der Waals surface area contributed by atoms with Gasteiger partial charge in [0.25, 0.3) is 0 Å². The highest BCUT2D eigenvalue weighted by Gasteiger charge is 2.35. The highest BCUT2D eigenvalue weighted by Crippen LogP contribution is 2.36. The van der Waals surface area contributed by atoms with Crippen molar-refractivity contribution in [3.63, 3.8) is 0 Å². The number of benzene rings is 2. The zero-order chi connectivity index (χ0) is 23.4. The second kappa shape index (κ2) is 9.67. The molecule has 0 aliphatic carbocycles. The van der Waals surface area contributed by atoms with Gasteiger partial charge in [0, 0.05) is 24.8 Å². The van der Waals surface area contributed by atoms with Crippen molar-refractivity contribution in [2.45, 2.75) is 24.9 Å². The fraction of sp³-hybridized carbons (Fsp3) is 0.263. The summed E-state index contributed by atoms with van der Waals surface area (Å²) in [7, 11) is -4.39. The Morgan fingerprint density at radius 2 is 1.58 bits per heavy atom. The summed E-state index contributed by atoms with van der Waals surface area (Å²) in [6.45, 7) is 2.03. The van der Waals surface area contributed by atoms with Crippen LogP contribution >= 0.6 is 11.6 Å². The Labute approximate surface area is 182 Å². The molecule has 0 unspecified atom stereocenters. The van der Waals surface area contributed by atoms with Crippen molar-refractivity contribution >= 4 is 44.8 Å². The summed E-state index contributed by atoms with van der Waals surface area (Å²) < 4.78 is 65.5. The third-order valence-corrected chi connectivity index (χ3v) is 6.29. The number of anilines is 2. The van der Waals surface area contributed by atoms with Crippen molar-refractivity contribution in [2.75, 3.05) is 23.7 Å². The number of sulfonamides is 1. The first-order valence-electron chi connectivity index (χ1n) is 8.89. The van der Waals surface area contributed by atoms with Gasteiger partial charge in [0.2, 0.25) is 21.8 Å². The molecule has 0 spiro atoms. The summed E-state index contributed by atoms with van der Waals surface area (Å²) >= 11 is 5.54. The molecule has 2 aromatic rings. The lowest BCUT2D eigenvalue weighted by atomic mass is 10.2. The maximum absolute atomic E-state index is 13.1. The van der Waals surface area contributed by atoms with E-state index in [0.717, 1.165) is 16.4 Å². The lowest BCUT2D eigenvalue weighted by Gasteiger charge is -2.21. The molecule has 0 saturated carbocycles. The number of likely N-dealkylation sites (N-methyl/N-ethyl adjacent to an activating group) is 1. The number of amides is 2. The Hall–Kier alpha value is -2.63. The maximum atomic E-state index is 13.1. The van der Waals surface area contributed by atoms with E-state index in [-0.39, 0.29) is 12.5 Å². The molecule has 2 amide bonds. The van der Waals surface area contributed by atoms with Crippen LogP contribution in [0.15, 0.2) is 47.4 Å². The summed E-state index contributed by atoms with van der Waals surface area (Å²) in [5.74, 6) is -0.959. The van der Waals surface area contributed by atoms with Gasteiger partial charge >= 0.3 is 6.18 Å². The van der Waals surface area contributed by atoms with E-state index < -0.39 is 44.1 Å². The van der Waals surface area contributed by atoms with Crippen molar-refractivity contribution in [2.24, 2.45) is 0 Å². The van der Waals surface area contributed by atoms with Crippen molar-refractivity contribution < 1.29 is 31.2 Å². The minimum atomic E-state index is -4.83. The van der Waals surface area contributed by atoms with Crippen LogP contribution in [0.4, 0.5) is 24.5 Å². The average molecular weight is 478 g/mol. The van der Waals surface area contributed by atoms with Crippen LogP contribution in [0.3, 0.4) is 0 Å². The Kier molecular flexibility index (Phi) is 7.68. The van der Waals surface area contributed by atoms with Crippen LogP contribution in [-0.4, -0.2) is 37.6 Å². The predicted molar refractivity (Wildman–Crippen MR) is 110 cm³/mol. The first-order chi connectivity index (χ1) is 14.3. The van der Waals surface area contributed by atoms with Crippen LogP contribution < -0.4 is 10.6 Å². The number of nitrogens with one attached hydrogen (secondary N) is 2. The van der Waals surface area contributed by atoms with E-state index >= 15 is 0 Å². The van der Waals surface area contributed by atoms with Crippen molar-refractivity contribution in [3.8, 4) is 0 Å². The van der Waals surface area contributed by atoms with Crippen LogP contribution in [0.2, 0.25) is 5.02 Å². The Morgan fingerprint density at radius 3 is 2.06 bits per heavy atom. The van der Waals surface area contributed by atoms with Gasteiger partial charge in [-0.1, -0.05) is 18.5 Å². The number of hydrogen-bond acceptors (Lipinski definition) is 4. The minimum Gasteiger partial charge on any atom is -0.326 e. The molecular formula is C19H19ClF3N3O4S. The van der Waals surface area contributed by atoms with Crippen molar-refractivity contribution in [1.82, 2.24) is 4.31 Å². The van der Waals surface area contributed by atoms with E-state index in [0.29, 0.717) is 17.4 Å². The lowest BCUT2D eigenvalue weighted by molar-refractivity contribution is -0.137. The SMILES string of the molecule is CCN(CC(=O)Nc1ccc(NC(C)=O)cc1)S(=O)(=O)c1ccc(Cl)c(C(F)(F)F)c1. The van der Waals surface area contributed by atoms with Crippen LogP contribution in [0, 0.1) is 0 Å². The highest BCUT2D eigenvalue weighted by molar-refractivity contribution is 7.89. The molecule has 7 nitrogen and oxygen atoms in total. The number of nitrogens with zero attached hydrogens (tertiary/aromatic N) is 1. The average Bonchev–Trinajstić information content (AvgIpc) is 2.66. The molecule has 0 radical (unpaired) electrons. The van der Waals surface area contributed by atoms with Gasteiger partial charge in [-0.05, 0) is 42.5 Å². The summed E-state index contributed by atoms with van der Waals surface area (Å²) in [6, 6.07) is 8.33. The summed E-state index contributed by atoms with van der Waals surface area (Å²) in [5.41, 5.74) is -0.431. The fourth-order valence-corrected chi connectivity index (χ4v) is 4.26. The quantitative estimate of drug-likeness (QED) is 0.631. The summed E-state index contributed by atoms with van der Waals surface area (Å²) in [5, 5.41) is 4.42. The van der Waals surface area contributed by atoms with Gasteiger partial charge in [0.05, 0.1) is 22.0 Å². The van der Waals surface area contributed by atoms with Crippen LogP contribution in [0.5, 0.6) is 0 Å². The standard InChI is InChI=1S/C19H19ClF3N3O4S/c1-3-26(11-18(28)25-14-6-4-13(5-7-14)24-12(2)27)31(29,30)15-8-9-17(20)16(10-15)19(21,22)23/h4-10H,3,11H2,1-2H3,(H,24,27)(H,25,28). The van der Waals surface area contributed by atoms with Crippen LogP contribution in [0.25, 0.3) is 0 Å². The highest BCUT2D eigenvalue weighted by atomic mass is 35.5. The van der Waals surface area contributed by atoms with E-state index in [4.69, 9.17) is 11.6 Å². The van der Waals surface area contributed by atoms with Crippen LogP contribution in [-0.2, 0) is 25.8 Å². The molecule has 2 N–H and O–H groups in total. The van der Waals surface area contributed by atoms with Crippen molar-refractivity contribution in [3.05, 3.63) is 53.1 Å². The predicted octanol–water partition coefficient (Wildman–Crippen LogP) is 3.97. The summed E-state index contributed by atoms with van der Waals surface area (Å²) in [6.07, 6.45) is -4.83. The van der Waals surface area contributed by atoms with E-state index in [1.54, 1.807) is 0 Å². The molecule has 2 rings (SSSR count). The molecule has 168 valence electrons. The number of halogens is 4. The molecule has 0 atom stereocenters. The fourth-order valence-electron chi connectivity index (χ4n) is 2.60. The molecule has 0 aliphatic rings. The lowest BCUT2D eigenvalue weighted by Crippen LogP contribution is -2.38. The molecule has 0 aromatic heterocycles. The molecule has 2 aromatic carbocycles. The van der Waals surface area contributed by atoms with E-state index in [1.807, 2.05) is 0 Å². The molecule has 0 bridgehead atoms. The van der Waals surface area contributed by atoms with Gasteiger partial charge in [-0.25, -0.2) is 8.42 Å².